The highest BCUT2D eigenvalue weighted by Gasteiger charge is 2.28. The van der Waals surface area contributed by atoms with Gasteiger partial charge in [-0.3, -0.25) is 19.2 Å². The number of thiol groups is 1. The Morgan fingerprint density at radius 2 is 1.41 bits per heavy atom. The van der Waals surface area contributed by atoms with Gasteiger partial charge in [0.25, 0.3) is 0 Å². The van der Waals surface area contributed by atoms with Crippen molar-refractivity contribution in [3.05, 3.63) is 0 Å². The molecule has 0 saturated carbocycles. The first-order valence-electron chi connectivity index (χ1n) is 6.53. The maximum atomic E-state index is 12.0. The van der Waals surface area contributed by atoms with Crippen LogP contribution in [-0.2, 0) is 19.2 Å². The summed E-state index contributed by atoms with van der Waals surface area (Å²) >= 11 is 3.99. The van der Waals surface area contributed by atoms with Crippen LogP contribution in [0.1, 0.15) is 19.8 Å². The van der Waals surface area contributed by atoms with Crippen molar-refractivity contribution in [1.29, 1.82) is 0 Å². The third-order valence-corrected chi connectivity index (χ3v) is 3.27. The first-order valence-corrected chi connectivity index (χ1v) is 7.16. The van der Waals surface area contributed by atoms with Crippen molar-refractivity contribution >= 4 is 36.4 Å². The summed E-state index contributed by atoms with van der Waals surface area (Å²) in [6, 6.07) is -2.66. The lowest BCUT2D eigenvalue weighted by Crippen LogP contribution is -2.54. The maximum Gasteiger partial charge on any atom is 0.305 e. The zero-order valence-corrected chi connectivity index (χ0v) is 13.2. The molecule has 0 bridgehead atoms. The van der Waals surface area contributed by atoms with E-state index in [1.165, 1.54) is 7.05 Å². The maximum absolute atomic E-state index is 12.0. The highest BCUT2D eigenvalue weighted by atomic mass is 32.1. The van der Waals surface area contributed by atoms with Gasteiger partial charge in [0.15, 0.2) is 0 Å². The van der Waals surface area contributed by atoms with Crippen molar-refractivity contribution in [3.63, 3.8) is 0 Å². The van der Waals surface area contributed by atoms with Crippen LogP contribution in [0.25, 0.3) is 0 Å². The summed E-state index contributed by atoms with van der Waals surface area (Å²) in [4.78, 5) is 45.4. The summed E-state index contributed by atoms with van der Waals surface area (Å²) in [6.45, 7) is 1.67. The van der Waals surface area contributed by atoms with Crippen molar-refractivity contribution < 1.29 is 29.4 Å². The molecule has 2 amide bonds. The minimum atomic E-state index is -1.29. The lowest BCUT2D eigenvalue weighted by Gasteiger charge is -2.22. The van der Waals surface area contributed by atoms with Gasteiger partial charge in [-0.25, -0.2) is 0 Å². The summed E-state index contributed by atoms with van der Waals surface area (Å²) in [5, 5.41) is 24.8. The fourth-order valence-corrected chi connectivity index (χ4v) is 1.64. The van der Waals surface area contributed by atoms with Crippen LogP contribution >= 0.6 is 12.6 Å². The molecule has 3 atom stereocenters. The summed E-state index contributed by atoms with van der Waals surface area (Å²) < 4.78 is 0. The van der Waals surface area contributed by atoms with Crippen LogP contribution in [0.15, 0.2) is 0 Å². The molecule has 9 nitrogen and oxygen atoms in total. The van der Waals surface area contributed by atoms with Gasteiger partial charge in [-0.15, -0.1) is 0 Å². The Morgan fingerprint density at radius 3 is 1.82 bits per heavy atom. The van der Waals surface area contributed by atoms with Crippen LogP contribution < -0.4 is 16.0 Å². The third kappa shape index (κ3) is 7.84. The van der Waals surface area contributed by atoms with Crippen LogP contribution in [0.5, 0.6) is 0 Å². The highest BCUT2D eigenvalue weighted by molar-refractivity contribution is 7.80. The van der Waals surface area contributed by atoms with Crippen LogP contribution in [0.4, 0.5) is 0 Å². The molecule has 126 valence electrons. The molecule has 0 heterocycles. The van der Waals surface area contributed by atoms with E-state index >= 15 is 0 Å². The van der Waals surface area contributed by atoms with E-state index in [9.17, 15) is 19.2 Å². The molecule has 0 rings (SSSR count). The molecule has 0 aromatic carbocycles. The molecule has 0 fully saturated rings. The van der Waals surface area contributed by atoms with Crippen molar-refractivity contribution in [1.82, 2.24) is 16.0 Å². The largest absolute Gasteiger partial charge is 0.481 e. The number of carboxylic acids is 2. The Hall–Kier alpha value is -1.81. The molecule has 0 spiro atoms. The van der Waals surface area contributed by atoms with Gasteiger partial charge in [0.05, 0.1) is 18.9 Å². The molecule has 0 aliphatic heterocycles. The normalized spacial score (nSPS) is 14.5. The Bertz CT molecular complexity index is 431. The zero-order chi connectivity index (χ0) is 17.3. The molecular weight excluding hydrogens is 314 g/mol. The predicted octanol–water partition coefficient (Wildman–Crippen LogP) is -1.56. The number of likely N-dealkylation sites (N-methyl/N-ethyl adjacent to an activating group) is 1. The summed E-state index contributed by atoms with van der Waals surface area (Å²) in [7, 11) is 1.39. The predicted molar refractivity (Wildman–Crippen MR) is 80.7 cm³/mol. The van der Waals surface area contributed by atoms with Crippen LogP contribution in [0.2, 0.25) is 0 Å². The SMILES string of the molecule is CN[C@@H](CC(=O)O)C(=O)N[C@@H](CC(=O)O)C(=O)N[C@H](C)CS. The fourth-order valence-electron chi connectivity index (χ4n) is 1.55. The van der Waals surface area contributed by atoms with Gasteiger partial charge in [0.2, 0.25) is 11.8 Å². The monoisotopic (exact) mass is 335 g/mol. The Balaban J connectivity index is 4.89. The number of hydrogen-bond acceptors (Lipinski definition) is 6. The Labute approximate surface area is 133 Å². The van der Waals surface area contributed by atoms with E-state index in [1.807, 2.05) is 0 Å². The van der Waals surface area contributed by atoms with Gasteiger partial charge in [-0.05, 0) is 14.0 Å². The minimum absolute atomic E-state index is 0.303. The number of nitrogens with one attached hydrogen (secondary N) is 3. The van der Waals surface area contributed by atoms with Gasteiger partial charge in [0, 0.05) is 11.8 Å². The lowest BCUT2D eigenvalue weighted by atomic mass is 10.1. The molecule has 5 N–H and O–H groups in total. The Morgan fingerprint density at radius 1 is 0.955 bits per heavy atom. The number of carboxylic acid groups (broad SMARTS) is 2. The molecule has 0 aromatic rings. The van der Waals surface area contributed by atoms with Gasteiger partial charge in [-0.2, -0.15) is 12.6 Å². The smallest absolute Gasteiger partial charge is 0.305 e. The molecule has 0 saturated heterocycles. The molecule has 0 unspecified atom stereocenters. The summed E-state index contributed by atoms with van der Waals surface area (Å²) in [5.41, 5.74) is 0. The van der Waals surface area contributed by atoms with Gasteiger partial charge < -0.3 is 26.2 Å². The second-order valence-corrected chi connectivity index (χ2v) is 5.06. The first-order chi connectivity index (χ1) is 10.2. The third-order valence-electron chi connectivity index (χ3n) is 2.72. The molecule has 10 heteroatoms. The molecular formula is C12H21N3O6S. The van der Waals surface area contributed by atoms with Gasteiger partial charge in [-0.1, -0.05) is 0 Å². The van der Waals surface area contributed by atoms with Gasteiger partial charge in [0.1, 0.15) is 6.04 Å². The Kier molecular flexibility index (Phi) is 9.18. The standard InChI is InChI=1S/C12H21N3O6S/c1-6(5-22)14-12(21)8(4-10(18)19)15-11(20)7(13-2)3-9(16)17/h6-8,13,22H,3-5H2,1-2H3,(H,14,21)(H,15,20)(H,16,17)(H,18,19)/t6-,7+,8+/m1/s1. The van der Waals surface area contributed by atoms with Crippen molar-refractivity contribution in [3.8, 4) is 0 Å². The highest BCUT2D eigenvalue weighted by Crippen LogP contribution is 1.99. The number of aliphatic carboxylic acids is 2. The van der Waals surface area contributed by atoms with E-state index in [0.29, 0.717) is 5.75 Å². The van der Waals surface area contributed by atoms with Crippen LogP contribution in [0.3, 0.4) is 0 Å². The molecule has 0 aliphatic carbocycles. The van der Waals surface area contributed by atoms with E-state index in [0.717, 1.165) is 0 Å². The van der Waals surface area contributed by atoms with E-state index in [-0.39, 0.29) is 6.04 Å². The molecule has 22 heavy (non-hydrogen) atoms. The van der Waals surface area contributed by atoms with E-state index in [2.05, 4.69) is 28.6 Å². The fraction of sp³-hybridized carbons (Fsp3) is 0.667. The number of hydrogen-bond donors (Lipinski definition) is 6. The lowest BCUT2D eigenvalue weighted by molar-refractivity contribution is -0.142. The number of amides is 2. The number of carbonyl (C=O) groups is 4. The number of rotatable bonds is 10. The quantitative estimate of drug-likeness (QED) is 0.265. The average Bonchev–Trinajstić information content (AvgIpc) is 2.42. The van der Waals surface area contributed by atoms with Gasteiger partial charge >= 0.3 is 11.9 Å². The second-order valence-electron chi connectivity index (χ2n) is 4.69. The molecule has 0 aliphatic rings. The zero-order valence-electron chi connectivity index (χ0n) is 12.3. The van der Waals surface area contributed by atoms with Crippen molar-refractivity contribution in [2.24, 2.45) is 0 Å². The summed E-state index contributed by atoms with van der Waals surface area (Å²) in [6.07, 6.45) is -1.10. The first kappa shape index (κ1) is 20.2. The van der Waals surface area contributed by atoms with E-state index in [4.69, 9.17) is 10.2 Å². The summed E-state index contributed by atoms with van der Waals surface area (Å²) in [5.74, 6) is -3.54. The van der Waals surface area contributed by atoms with E-state index in [1.54, 1.807) is 6.92 Å². The topological polar surface area (TPSA) is 145 Å². The van der Waals surface area contributed by atoms with Crippen LogP contribution in [-0.4, -0.2) is 64.9 Å². The molecule has 0 aromatic heterocycles. The van der Waals surface area contributed by atoms with Crippen molar-refractivity contribution in [2.45, 2.75) is 37.9 Å². The van der Waals surface area contributed by atoms with Crippen molar-refractivity contribution in [2.75, 3.05) is 12.8 Å². The minimum Gasteiger partial charge on any atom is -0.481 e. The average molecular weight is 335 g/mol. The van der Waals surface area contributed by atoms with E-state index < -0.39 is 48.7 Å². The second kappa shape index (κ2) is 10.0. The van der Waals surface area contributed by atoms with Crippen LogP contribution in [0, 0.1) is 0 Å². The number of carbonyl (C=O) groups excluding carboxylic acids is 2. The molecule has 0 radical (unpaired) electrons.